The molecule has 2 heterocycles. The molecule has 0 spiro atoms. The van der Waals surface area contributed by atoms with E-state index >= 15 is 0 Å². The lowest BCUT2D eigenvalue weighted by Gasteiger charge is -2.10. The zero-order valence-corrected chi connectivity index (χ0v) is 15.1. The molecule has 0 aliphatic heterocycles. The van der Waals surface area contributed by atoms with Gasteiger partial charge in [0.1, 0.15) is 14.8 Å². The Labute approximate surface area is 142 Å². The number of nitrogens with zero attached hydrogens (tertiary/aromatic N) is 2. The van der Waals surface area contributed by atoms with E-state index < -0.39 is 5.97 Å². The predicted octanol–water partition coefficient (Wildman–Crippen LogP) is 3.36. The number of amides is 1. The molecule has 124 valence electrons. The third kappa shape index (κ3) is 3.94. The summed E-state index contributed by atoms with van der Waals surface area (Å²) < 4.78 is 0. The van der Waals surface area contributed by atoms with Gasteiger partial charge in [0.05, 0.1) is 22.4 Å². The number of aromatic nitrogens is 2. The molecule has 0 saturated heterocycles. The molecule has 2 N–H and O–H groups in total. The Morgan fingerprint density at radius 2 is 1.83 bits per heavy atom. The number of aryl methyl sites for hydroxylation is 3. The van der Waals surface area contributed by atoms with Crippen LogP contribution in [0.1, 0.15) is 67.1 Å². The fraction of sp³-hybridized carbons (Fsp3) is 0.467. The van der Waals surface area contributed by atoms with E-state index in [0.29, 0.717) is 15.6 Å². The van der Waals surface area contributed by atoms with E-state index in [1.54, 1.807) is 13.8 Å². The second-order valence-electron chi connectivity index (χ2n) is 5.24. The third-order valence-corrected chi connectivity index (χ3v) is 5.78. The SMILES string of the molecule is CCCc1nc(C)c(C(=O)NC(C)c2nc(C)c(C(=O)O)s2)s1. The molecule has 23 heavy (non-hydrogen) atoms. The molecule has 2 rings (SSSR count). The van der Waals surface area contributed by atoms with Crippen molar-refractivity contribution in [2.75, 3.05) is 0 Å². The molecule has 2 aromatic rings. The Balaban J connectivity index is 2.13. The van der Waals surface area contributed by atoms with Gasteiger partial charge < -0.3 is 10.4 Å². The second-order valence-corrected chi connectivity index (χ2v) is 7.35. The number of thiazole rings is 2. The number of carbonyl (C=O) groups excluding carboxylic acids is 1. The average Bonchev–Trinajstić information content (AvgIpc) is 3.02. The van der Waals surface area contributed by atoms with Crippen molar-refractivity contribution in [1.82, 2.24) is 15.3 Å². The minimum absolute atomic E-state index is 0.195. The van der Waals surface area contributed by atoms with Gasteiger partial charge in [-0.2, -0.15) is 0 Å². The number of carboxylic acids is 1. The Kier molecular flexibility index (Phi) is 5.48. The average molecular weight is 353 g/mol. The molecule has 0 aliphatic carbocycles. The highest BCUT2D eigenvalue weighted by Crippen LogP contribution is 2.25. The topological polar surface area (TPSA) is 92.2 Å². The van der Waals surface area contributed by atoms with E-state index in [-0.39, 0.29) is 16.8 Å². The number of aromatic carboxylic acids is 1. The summed E-state index contributed by atoms with van der Waals surface area (Å²) in [5.41, 5.74) is 1.20. The Morgan fingerprint density at radius 1 is 1.17 bits per heavy atom. The molecular weight excluding hydrogens is 334 g/mol. The molecule has 1 atom stereocenters. The number of carbonyl (C=O) groups is 2. The van der Waals surface area contributed by atoms with Gasteiger partial charge in [-0.3, -0.25) is 4.79 Å². The van der Waals surface area contributed by atoms with E-state index in [1.807, 2.05) is 6.92 Å². The molecular formula is C15H19N3O3S2. The van der Waals surface area contributed by atoms with Crippen LogP contribution in [0.15, 0.2) is 0 Å². The Bertz CT molecular complexity index is 736. The molecule has 0 radical (unpaired) electrons. The van der Waals surface area contributed by atoms with Crippen molar-refractivity contribution in [2.24, 2.45) is 0 Å². The first kappa shape index (κ1) is 17.6. The molecule has 0 saturated carbocycles. The number of rotatable bonds is 6. The summed E-state index contributed by atoms with van der Waals surface area (Å²) in [6.07, 6.45) is 1.85. The molecule has 6 nitrogen and oxygen atoms in total. The zero-order chi connectivity index (χ0) is 17.1. The summed E-state index contributed by atoms with van der Waals surface area (Å²) in [5, 5.41) is 13.5. The Morgan fingerprint density at radius 3 is 2.39 bits per heavy atom. The van der Waals surface area contributed by atoms with Crippen molar-refractivity contribution < 1.29 is 14.7 Å². The number of carboxylic acid groups (broad SMARTS) is 1. The first-order valence-corrected chi connectivity index (χ1v) is 8.94. The minimum Gasteiger partial charge on any atom is -0.477 e. The van der Waals surface area contributed by atoms with E-state index in [1.165, 1.54) is 11.3 Å². The van der Waals surface area contributed by atoms with Crippen molar-refractivity contribution in [3.63, 3.8) is 0 Å². The fourth-order valence-corrected chi connectivity index (χ4v) is 4.09. The normalized spacial score (nSPS) is 12.2. The van der Waals surface area contributed by atoms with Crippen LogP contribution >= 0.6 is 22.7 Å². The van der Waals surface area contributed by atoms with E-state index in [4.69, 9.17) is 5.11 Å². The van der Waals surface area contributed by atoms with Crippen LogP contribution in [-0.2, 0) is 6.42 Å². The van der Waals surface area contributed by atoms with E-state index in [9.17, 15) is 9.59 Å². The van der Waals surface area contributed by atoms with Crippen LogP contribution in [-0.4, -0.2) is 27.0 Å². The van der Waals surface area contributed by atoms with Gasteiger partial charge in [-0.1, -0.05) is 6.92 Å². The summed E-state index contributed by atoms with van der Waals surface area (Å²) >= 11 is 2.50. The highest BCUT2D eigenvalue weighted by Gasteiger charge is 2.21. The van der Waals surface area contributed by atoms with Crippen molar-refractivity contribution in [1.29, 1.82) is 0 Å². The van der Waals surface area contributed by atoms with E-state index in [2.05, 4.69) is 22.2 Å². The quantitative estimate of drug-likeness (QED) is 0.831. The highest BCUT2D eigenvalue weighted by atomic mass is 32.1. The number of hydrogen-bond acceptors (Lipinski definition) is 6. The van der Waals surface area contributed by atoms with Gasteiger partial charge in [0.25, 0.3) is 5.91 Å². The molecule has 0 aliphatic rings. The van der Waals surface area contributed by atoms with Crippen LogP contribution in [0.5, 0.6) is 0 Å². The lowest BCUT2D eigenvalue weighted by atomic mass is 10.3. The lowest BCUT2D eigenvalue weighted by Crippen LogP contribution is -2.26. The maximum Gasteiger partial charge on any atom is 0.347 e. The summed E-state index contributed by atoms with van der Waals surface area (Å²) in [4.78, 5) is 33.0. The fourth-order valence-electron chi connectivity index (χ4n) is 2.11. The van der Waals surface area contributed by atoms with Crippen LogP contribution in [0.25, 0.3) is 0 Å². The minimum atomic E-state index is -0.993. The maximum absolute atomic E-state index is 12.4. The van der Waals surface area contributed by atoms with Gasteiger partial charge in [-0.05, 0) is 33.6 Å². The van der Waals surface area contributed by atoms with Gasteiger partial charge in [0.15, 0.2) is 0 Å². The summed E-state index contributed by atoms with van der Waals surface area (Å²) in [5.74, 6) is -1.19. The first-order chi connectivity index (χ1) is 10.8. The predicted molar refractivity (Wildman–Crippen MR) is 90.5 cm³/mol. The van der Waals surface area contributed by atoms with Crippen LogP contribution in [0.4, 0.5) is 0 Å². The monoisotopic (exact) mass is 353 g/mol. The summed E-state index contributed by atoms with van der Waals surface area (Å²) in [6.45, 7) is 7.35. The second kappa shape index (κ2) is 7.18. The van der Waals surface area contributed by atoms with Crippen LogP contribution in [0, 0.1) is 13.8 Å². The van der Waals surface area contributed by atoms with Gasteiger partial charge >= 0.3 is 5.97 Å². The van der Waals surface area contributed by atoms with Gasteiger partial charge in [0, 0.05) is 0 Å². The lowest BCUT2D eigenvalue weighted by molar-refractivity contribution is 0.0701. The molecule has 0 fully saturated rings. The summed E-state index contributed by atoms with van der Waals surface area (Å²) in [7, 11) is 0. The molecule has 8 heteroatoms. The standard InChI is InChI=1S/C15H19N3O3S2/c1-5-6-10-16-7(2)11(22-10)13(19)17-9(4)14-18-8(3)12(23-14)15(20)21/h9H,5-6H2,1-4H3,(H,17,19)(H,20,21). The maximum atomic E-state index is 12.4. The summed E-state index contributed by atoms with van der Waals surface area (Å²) in [6, 6.07) is -0.351. The molecule has 0 aromatic carbocycles. The third-order valence-electron chi connectivity index (χ3n) is 3.24. The molecule has 0 bridgehead atoms. The van der Waals surface area contributed by atoms with Crippen molar-refractivity contribution >= 4 is 34.6 Å². The van der Waals surface area contributed by atoms with Gasteiger partial charge in [-0.15, -0.1) is 22.7 Å². The van der Waals surface area contributed by atoms with Crippen molar-refractivity contribution in [3.8, 4) is 0 Å². The smallest absolute Gasteiger partial charge is 0.347 e. The first-order valence-electron chi connectivity index (χ1n) is 7.31. The van der Waals surface area contributed by atoms with Gasteiger partial charge in [0.2, 0.25) is 0 Å². The van der Waals surface area contributed by atoms with E-state index in [0.717, 1.165) is 34.9 Å². The largest absolute Gasteiger partial charge is 0.477 e. The van der Waals surface area contributed by atoms with Crippen molar-refractivity contribution in [2.45, 2.75) is 46.6 Å². The number of nitrogens with one attached hydrogen (secondary N) is 1. The molecule has 1 unspecified atom stereocenters. The Hall–Kier alpha value is -1.80. The van der Waals surface area contributed by atoms with Crippen molar-refractivity contribution in [3.05, 3.63) is 31.2 Å². The molecule has 2 aromatic heterocycles. The highest BCUT2D eigenvalue weighted by molar-refractivity contribution is 7.14. The van der Waals surface area contributed by atoms with Crippen LogP contribution in [0.2, 0.25) is 0 Å². The van der Waals surface area contributed by atoms with Gasteiger partial charge in [-0.25, -0.2) is 14.8 Å². The van der Waals surface area contributed by atoms with Crippen LogP contribution < -0.4 is 5.32 Å². The zero-order valence-electron chi connectivity index (χ0n) is 13.5. The molecule has 1 amide bonds. The number of hydrogen-bond donors (Lipinski definition) is 2. The van der Waals surface area contributed by atoms with Crippen LogP contribution in [0.3, 0.4) is 0 Å².